The first kappa shape index (κ1) is 74.8. The number of amides is 3. The molecule has 4 aromatic heterocycles. The number of phosphoric ester groups is 1. The van der Waals surface area contributed by atoms with Crippen molar-refractivity contribution in [1.82, 2.24) is 49.3 Å². The van der Waals surface area contributed by atoms with E-state index in [1.165, 1.54) is 30.2 Å². The third-order valence-electron chi connectivity index (χ3n) is 19.3. The Labute approximate surface area is 617 Å². The molecule has 0 saturated carbocycles. The van der Waals surface area contributed by atoms with E-state index in [0.29, 0.717) is 53.5 Å². The molecule has 2 fully saturated rings. The number of carbonyl (C=O) groups excluding carboxylic acids is 3. The van der Waals surface area contributed by atoms with E-state index in [1.807, 2.05) is 109 Å². The van der Waals surface area contributed by atoms with E-state index in [-0.39, 0.29) is 97.8 Å². The van der Waals surface area contributed by atoms with Crippen LogP contribution in [0, 0.1) is 17.2 Å². The SMILES string of the molecule is COc1ccc(C(OC[C@H]2O[C@@H](n3cnc4c(NC(=O)c5ccc(CNC(O)CCC(C)C)cc5)ncnc43)CC2OP(=O)(OCCC#N)OC[C@H]2O[C@@H](n3cnc4c(NC(=O)CCCN(C)C(=O)OCC5c6ccccc6-c6ccccc65)ncnc43)CC2O)(c2ccccc2)c2ccc(OC)cc2)cc1. The average Bonchev–Trinajstić information content (AvgIpc) is 1.75. The van der Waals surface area contributed by atoms with Crippen LogP contribution >= 0.6 is 7.82 Å². The zero-order valence-corrected chi connectivity index (χ0v) is 60.6. The average molecular weight is 1470 g/mol. The minimum atomic E-state index is -4.80. The summed E-state index contributed by atoms with van der Waals surface area (Å²) < 4.78 is 75.2. The Morgan fingerprint density at radius 3 is 1.88 bits per heavy atom. The number of nitriles is 1. The van der Waals surface area contributed by atoms with Gasteiger partial charge in [-0.1, -0.05) is 129 Å². The Balaban J connectivity index is 0.707. The van der Waals surface area contributed by atoms with Crippen LogP contribution in [0.1, 0.15) is 121 Å². The summed E-state index contributed by atoms with van der Waals surface area (Å²) in [5.74, 6) is 0.982. The summed E-state index contributed by atoms with van der Waals surface area (Å²) in [5, 5.41) is 40.7. The normalized spacial score (nSPS) is 18.5. The lowest BCUT2D eigenvalue weighted by atomic mass is 9.80. The molecule has 29 heteroatoms. The lowest BCUT2D eigenvalue weighted by Crippen LogP contribution is -2.38. The number of methoxy groups -OCH3 is 2. The Kier molecular flexibility index (Phi) is 23.8. The van der Waals surface area contributed by atoms with Crippen LogP contribution in [0.4, 0.5) is 16.4 Å². The molecule has 6 heterocycles. The van der Waals surface area contributed by atoms with Crippen LogP contribution in [0.3, 0.4) is 0 Å². The van der Waals surface area contributed by atoms with Crippen LogP contribution in [0.2, 0.25) is 0 Å². The number of carbonyl (C=O) groups is 3. The van der Waals surface area contributed by atoms with Crippen molar-refractivity contribution >= 4 is 59.7 Å². The molecule has 0 radical (unpaired) electrons. The van der Waals surface area contributed by atoms with Gasteiger partial charge in [-0.2, -0.15) is 5.26 Å². The van der Waals surface area contributed by atoms with E-state index in [9.17, 15) is 29.9 Å². The van der Waals surface area contributed by atoms with E-state index in [0.717, 1.165) is 39.8 Å². The van der Waals surface area contributed by atoms with E-state index >= 15 is 4.57 Å². The van der Waals surface area contributed by atoms with Crippen LogP contribution < -0.4 is 25.4 Å². The van der Waals surface area contributed by atoms with Gasteiger partial charge in [-0.25, -0.2) is 39.3 Å². The number of hydrogen-bond acceptors (Lipinski definition) is 23. The second-order valence-electron chi connectivity index (χ2n) is 26.7. The van der Waals surface area contributed by atoms with Crippen molar-refractivity contribution in [1.29, 1.82) is 5.26 Å². The molecule has 10 aromatic rings. The summed E-state index contributed by atoms with van der Waals surface area (Å²) in [5.41, 5.74) is 7.48. The predicted molar refractivity (Wildman–Crippen MR) is 393 cm³/mol. The molecule has 0 bridgehead atoms. The molecule has 107 heavy (non-hydrogen) atoms. The molecule has 5 N–H and O–H groups in total. The predicted octanol–water partition coefficient (Wildman–Crippen LogP) is 11.8. The molecular weight excluding hydrogens is 1390 g/mol. The van der Waals surface area contributed by atoms with Crippen LogP contribution in [-0.4, -0.2) is 157 Å². The molecule has 556 valence electrons. The number of anilines is 2. The smallest absolute Gasteiger partial charge is 0.475 e. The van der Waals surface area contributed by atoms with Crippen molar-refractivity contribution in [3.63, 3.8) is 0 Å². The first-order chi connectivity index (χ1) is 52.0. The van der Waals surface area contributed by atoms with Crippen LogP contribution in [-0.2, 0) is 54.0 Å². The van der Waals surface area contributed by atoms with E-state index in [1.54, 1.807) is 54.7 Å². The highest BCUT2D eigenvalue weighted by atomic mass is 31.2. The molecular formula is C78H84N13O15P. The van der Waals surface area contributed by atoms with Gasteiger partial charge in [-0.05, 0) is 106 Å². The molecule has 13 rings (SSSR count). The molecule has 3 aliphatic rings. The molecule has 2 saturated heterocycles. The Bertz CT molecular complexity index is 4720. The van der Waals surface area contributed by atoms with Crippen molar-refractivity contribution in [2.24, 2.45) is 5.92 Å². The fourth-order valence-corrected chi connectivity index (χ4v) is 15.0. The van der Waals surface area contributed by atoms with Crippen molar-refractivity contribution in [2.75, 3.05) is 64.9 Å². The minimum absolute atomic E-state index is 0.00390. The maximum Gasteiger partial charge on any atom is 0.475 e. The molecule has 28 nitrogen and oxygen atoms in total. The molecule has 4 unspecified atom stereocenters. The number of aliphatic hydroxyl groups is 2. The second kappa shape index (κ2) is 34.0. The quantitative estimate of drug-likeness (QED) is 0.0110. The summed E-state index contributed by atoms with van der Waals surface area (Å²) >= 11 is 0. The van der Waals surface area contributed by atoms with E-state index in [2.05, 4.69) is 84.0 Å². The number of hydrogen-bond donors (Lipinski definition) is 5. The van der Waals surface area contributed by atoms with Gasteiger partial charge in [0.1, 0.15) is 73.4 Å². The highest BCUT2D eigenvalue weighted by Crippen LogP contribution is 2.55. The maximum absolute atomic E-state index is 15.5. The topological polar surface area (TPSA) is 342 Å². The highest BCUT2D eigenvalue weighted by molar-refractivity contribution is 7.48. The number of benzene rings is 6. The summed E-state index contributed by atoms with van der Waals surface area (Å²) in [7, 11) is -0.0143. The van der Waals surface area contributed by atoms with Gasteiger partial charge in [0.15, 0.2) is 34.0 Å². The first-order valence-electron chi connectivity index (χ1n) is 35.5. The number of rotatable bonds is 33. The third-order valence-corrected chi connectivity index (χ3v) is 20.8. The summed E-state index contributed by atoms with van der Waals surface area (Å²) in [4.78, 5) is 69.0. The van der Waals surface area contributed by atoms with E-state index in [4.69, 9.17) is 42.0 Å². The zero-order chi connectivity index (χ0) is 74.6. The Hall–Kier alpha value is -10.4. The number of aromatic nitrogens is 8. The van der Waals surface area contributed by atoms with Crippen LogP contribution in [0.25, 0.3) is 33.5 Å². The number of nitrogens with zero attached hydrogens (tertiary/aromatic N) is 10. The lowest BCUT2D eigenvalue weighted by molar-refractivity contribution is -0.116. The third kappa shape index (κ3) is 17.1. The van der Waals surface area contributed by atoms with Gasteiger partial charge in [-0.3, -0.25) is 37.6 Å². The first-order valence-corrected chi connectivity index (χ1v) is 36.9. The summed E-state index contributed by atoms with van der Waals surface area (Å²) in [6.45, 7) is 3.86. The summed E-state index contributed by atoms with van der Waals surface area (Å²) in [6, 6.07) is 49.8. The number of nitrogens with one attached hydrogen (secondary N) is 3. The summed E-state index contributed by atoms with van der Waals surface area (Å²) in [6.07, 6.45) is -0.585. The van der Waals surface area contributed by atoms with Gasteiger partial charge in [0.05, 0.1) is 65.3 Å². The minimum Gasteiger partial charge on any atom is -0.497 e. The Morgan fingerprint density at radius 2 is 1.27 bits per heavy atom. The highest BCUT2D eigenvalue weighted by Gasteiger charge is 2.48. The largest absolute Gasteiger partial charge is 0.497 e. The van der Waals surface area contributed by atoms with Crippen molar-refractivity contribution in [3.05, 3.63) is 216 Å². The van der Waals surface area contributed by atoms with Gasteiger partial charge in [0, 0.05) is 50.9 Å². The van der Waals surface area contributed by atoms with Gasteiger partial charge < -0.3 is 54.2 Å². The lowest BCUT2D eigenvalue weighted by Gasteiger charge is -2.37. The van der Waals surface area contributed by atoms with Crippen LogP contribution in [0.15, 0.2) is 177 Å². The number of aliphatic hydroxyl groups excluding tert-OH is 2. The fourth-order valence-electron chi connectivity index (χ4n) is 13.6. The fraction of sp³-hybridized carbons (Fsp3) is 0.359. The molecule has 2 aliphatic heterocycles. The van der Waals surface area contributed by atoms with Crippen molar-refractivity contribution in [2.45, 2.75) is 120 Å². The number of phosphoric acid groups is 1. The van der Waals surface area contributed by atoms with Crippen LogP contribution in [0.5, 0.6) is 11.5 Å². The molecule has 1 aliphatic carbocycles. The standard InChI is InChI=1S/C78H84N13O15P/c1-49(2)22-35-66(93)80-41-50-23-25-51(26-24-50)76(95)88-73-71-75(84-46-82-73)91(48-86-71)69-40-63(65(105-69)43-101-78(52-15-7-6-8-16-52,53-27-31-55(98-4)32-28-53)54-29-33-56(99-5)34-30-54)106-107(97,102-38-14-36-79)103-44-64-62(92)39-68(104-64)90-47-85-70-72(81-45-83-74(70)90)87-67(94)21-13-37-89(3)77(96)100-42-61-59-19-11-9-17-57(59)58-18-10-12-20-60(58)61/h6-12,15-20,23-34,45-49,61-66,68-69,80,92-93H,13-14,21-22,35,37-44H2,1-5H3,(H,81,83,87,94)(H,82,84,88,95)/t62?,63?,64-,65-,66?,68-,69-,107?/m1/s1. The number of fused-ring (bicyclic) bond motifs is 5. The number of imidazole rings is 2. The molecule has 0 spiro atoms. The van der Waals surface area contributed by atoms with Gasteiger partial charge in [0.25, 0.3) is 5.91 Å². The van der Waals surface area contributed by atoms with Gasteiger partial charge >= 0.3 is 13.9 Å². The monoisotopic (exact) mass is 1470 g/mol. The second-order valence-corrected chi connectivity index (χ2v) is 28.4. The molecule has 8 atom stereocenters. The van der Waals surface area contributed by atoms with Crippen molar-refractivity contribution < 1.29 is 71.2 Å². The van der Waals surface area contributed by atoms with Gasteiger partial charge in [0.2, 0.25) is 5.91 Å². The Morgan fingerprint density at radius 1 is 0.692 bits per heavy atom. The molecule has 6 aromatic carbocycles. The van der Waals surface area contributed by atoms with Gasteiger partial charge in [-0.15, -0.1) is 0 Å². The number of ether oxygens (including phenoxy) is 6. The zero-order valence-electron chi connectivity index (χ0n) is 59.8. The molecule has 3 amide bonds. The van der Waals surface area contributed by atoms with E-state index < -0.39 is 75.1 Å². The van der Waals surface area contributed by atoms with Crippen molar-refractivity contribution in [3.8, 4) is 28.7 Å². The maximum atomic E-state index is 15.5.